The Bertz CT molecular complexity index is 1280. The van der Waals surface area contributed by atoms with E-state index in [-0.39, 0.29) is 5.91 Å². The summed E-state index contributed by atoms with van der Waals surface area (Å²) < 4.78 is 7.70. The lowest BCUT2D eigenvalue weighted by molar-refractivity contribution is -0.115. The largest absolute Gasteiger partial charge is 0.467 e. The molecule has 1 atom stereocenters. The number of furan rings is 1. The molecule has 1 fully saturated rings. The summed E-state index contributed by atoms with van der Waals surface area (Å²) >= 11 is 1.42. The second-order valence-corrected chi connectivity index (χ2v) is 9.93. The summed E-state index contributed by atoms with van der Waals surface area (Å²) in [5.74, 6) is 1.55. The molecule has 7 nitrogen and oxygen atoms in total. The van der Waals surface area contributed by atoms with Gasteiger partial charge in [0.2, 0.25) is 11.9 Å². The molecule has 3 heterocycles. The van der Waals surface area contributed by atoms with E-state index in [2.05, 4.69) is 25.0 Å². The number of nitrogens with one attached hydrogen (secondary N) is 1. The standard InChI is InChI=1S/C27H29N5O2S/c1-19-12-13-20(2)23(17-19)28-25(33)24(21-9-4-3-5-10-21)35-27-30-29-26(31-14-6-7-15-31)32(27)18-22-11-8-16-34-22/h3-5,8-13,16-17,24H,6-7,14-15,18H2,1-2H3,(H,28,33). The summed E-state index contributed by atoms with van der Waals surface area (Å²) in [4.78, 5) is 15.9. The van der Waals surface area contributed by atoms with Crippen LogP contribution in [0.25, 0.3) is 0 Å². The Labute approximate surface area is 209 Å². The third-order valence-electron chi connectivity index (χ3n) is 6.19. The summed E-state index contributed by atoms with van der Waals surface area (Å²) in [6, 6.07) is 19.7. The minimum atomic E-state index is -0.498. The number of hydrogen-bond acceptors (Lipinski definition) is 6. The van der Waals surface area contributed by atoms with Gasteiger partial charge in [-0.25, -0.2) is 0 Å². The van der Waals surface area contributed by atoms with Crippen molar-refractivity contribution in [2.24, 2.45) is 0 Å². The fourth-order valence-electron chi connectivity index (χ4n) is 4.29. The molecule has 1 aliphatic rings. The molecule has 1 unspecified atom stereocenters. The summed E-state index contributed by atoms with van der Waals surface area (Å²) in [6.07, 6.45) is 3.95. The normalized spacial score (nSPS) is 14.3. The average molecular weight is 488 g/mol. The highest BCUT2D eigenvalue weighted by molar-refractivity contribution is 8.00. The molecule has 2 aromatic heterocycles. The van der Waals surface area contributed by atoms with Crippen LogP contribution in [0, 0.1) is 13.8 Å². The van der Waals surface area contributed by atoms with Crippen LogP contribution in [0.2, 0.25) is 0 Å². The highest BCUT2D eigenvalue weighted by atomic mass is 32.2. The average Bonchev–Trinajstić information content (AvgIpc) is 3.64. The second kappa shape index (κ2) is 10.4. The van der Waals surface area contributed by atoms with Crippen molar-refractivity contribution in [1.82, 2.24) is 14.8 Å². The minimum absolute atomic E-state index is 0.0924. The molecule has 8 heteroatoms. The molecule has 1 amide bonds. The number of aromatic nitrogens is 3. The molecule has 0 radical (unpaired) electrons. The third kappa shape index (κ3) is 5.27. The predicted molar refractivity (Wildman–Crippen MR) is 139 cm³/mol. The van der Waals surface area contributed by atoms with Gasteiger partial charge in [-0.05, 0) is 61.6 Å². The molecule has 0 spiro atoms. The van der Waals surface area contributed by atoms with Gasteiger partial charge in [0, 0.05) is 18.8 Å². The van der Waals surface area contributed by atoms with E-state index in [0.717, 1.165) is 60.0 Å². The van der Waals surface area contributed by atoms with Crippen LogP contribution >= 0.6 is 11.8 Å². The van der Waals surface area contributed by atoms with Gasteiger partial charge in [-0.3, -0.25) is 9.36 Å². The van der Waals surface area contributed by atoms with Crippen molar-refractivity contribution in [2.75, 3.05) is 23.3 Å². The van der Waals surface area contributed by atoms with E-state index in [4.69, 9.17) is 4.42 Å². The number of amides is 1. The molecule has 1 aliphatic heterocycles. The molecule has 180 valence electrons. The lowest BCUT2D eigenvalue weighted by Crippen LogP contribution is -2.23. The van der Waals surface area contributed by atoms with Crippen molar-refractivity contribution in [2.45, 2.75) is 43.6 Å². The predicted octanol–water partition coefficient (Wildman–Crippen LogP) is 5.61. The van der Waals surface area contributed by atoms with Crippen LogP contribution < -0.4 is 10.2 Å². The van der Waals surface area contributed by atoms with Crippen LogP contribution in [0.15, 0.2) is 76.5 Å². The van der Waals surface area contributed by atoms with Gasteiger partial charge in [-0.1, -0.05) is 54.2 Å². The fourth-order valence-corrected chi connectivity index (χ4v) is 5.32. The van der Waals surface area contributed by atoms with Crippen molar-refractivity contribution in [3.05, 3.63) is 89.4 Å². The van der Waals surface area contributed by atoms with Gasteiger partial charge in [-0.15, -0.1) is 10.2 Å². The van der Waals surface area contributed by atoms with Gasteiger partial charge in [-0.2, -0.15) is 0 Å². The van der Waals surface area contributed by atoms with Gasteiger partial charge in [0.05, 0.1) is 12.8 Å². The van der Waals surface area contributed by atoms with E-state index in [9.17, 15) is 4.79 Å². The molecular formula is C27H29N5O2S. The zero-order valence-corrected chi connectivity index (χ0v) is 20.8. The van der Waals surface area contributed by atoms with Gasteiger partial charge in [0.1, 0.15) is 11.0 Å². The number of hydrogen-bond donors (Lipinski definition) is 1. The molecule has 0 aliphatic carbocycles. The summed E-state index contributed by atoms with van der Waals surface area (Å²) in [5.41, 5.74) is 3.86. The smallest absolute Gasteiger partial charge is 0.242 e. The number of rotatable bonds is 8. The SMILES string of the molecule is Cc1ccc(C)c(NC(=O)C(Sc2nnc(N3CCCC3)n2Cc2ccco2)c2ccccc2)c1. The molecule has 4 aromatic rings. The first-order valence-electron chi connectivity index (χ1n) is 11.9. The second-order valence-electron chi connectivity index (χ2n) is 8.86. The van der Waals surface area contributed by atoms with E-state index in [1.54, 1.807) is 6.26 Å². The molecule has 0 saturated carbocycles. The van der Waals surface area contributed by atoms with E-state index in [1.165, 1.54) is 11.8 Å². The van der Waals surface area contributed by atoms with Crippen LogP contribution in [0.3, 0.4) is 0 Å². The van der Waals surface area contributed by atoms with Crippen molar-refractivity contribution in [1.29, 1.82) is 0 Å². The number of nitrogens with zero attached hydrogens (tertiary/aromatic N) is 4. The van der Waals surface area contributed by atoms with E-state index < -0.39 is 5.25 Å². The summed E-state index contributed by atoms with van der Waals surface area (Å²) in [7, 11) is 0. The summed E-state index contributed by atoms with van der Waals surface area (Å²) in [6.45, 7) is 6.44. The molecule has 0 bridgehead atoms. The lowest BCUT2D eigenvalue weighted by atomic mass is 10.1. The van der Waals surface area contributed by atoms with Gasteiger partial charge in [0.25, 0.3) is 0 Å². The van der Waals surface area contributed by atoms with Crippen LogP contribution in [0.4, 0.5) is 11.6 Å². The van der Waals surface area contributed by atoms with Crippen molar-refractivity contribution < 1.29 is 9.21 Å². The number of carbonyl (C=O) groups excluding carboxylic acids is 1. The third-order valence-corrected chi connectivity index (χ3v) is 7.43. The number of benzene rings is 2. The zero-order chi connectivity index (χ0) is 24.2. The zero-order valence-electron chi connectivity index (χ0n) is 20.0. The van der Waals surface area contributed by atoms with Gasteiger partial charge in [0.15, 0.2) is 5.16 Å². The van der Waals surface area contributed by atoms with Crippen molar-refractivity contribution in [3.8, 4) is 0 Å². The number of anilines is 2. The first-order chi connectivity index (χ1) is 17.1. The Morgan fingerprint density at radius 1 is 1.06 bits per heavy atom. The maximum absolute atomic E-state index is 13.7. The Balaban J connectivity index is 1.48. The minimum Gasteiger partial charge on any atom is -0.467 e. The first kappa shape index (κ1) is 23.2. The van der Waals surface area contributed by atoms with Crippen molar-refractivity contribution >= 4 is 29.3 Å². The summed E-state index contributed by atoms with van der Waals surface area (Å²) in [5, 5.41) is 12.4. The Morgan fingerprint density at radius 3 is 2.60 bits per heavy atom. The fraction of sp³-hybridized carbons (Fsp3) is 0.296. The number of thioether (sulfide) groups is 1. The molecule has 5 rings (SSSR count). The number of carbonyl (C=O) groups is 1. The van der Waals surface area contributed by atoms with Crippen LogP contribution in [0.5, 0.6) is 0 Å². The monoisotopic (exact) mass is 487 g/mol. The van der Waals surface area contributed by atoms with Gasteiger partial charge < -0.3 is 14.6 Å². The molecule has 35 heavy (non-hydrogen) atoms. The van der Waals surface area contributed by atoms with Crippen LogP contribution in [-0.2, 0) is 11.3 Å². The number of aryl methyl sites for hydroxylation is 2. The molecular weight excluding hydrogens is 458 g/mol. The van der Waals surface area contributed by atoms with Crippen LogP contribution in [-0.4, -0.2) is 33.8 Å². The highest BCUT2D eigenvalue weighted by Crippen LogP contribution is 2.37. The van der Waals surface area contributed by atoms with Crippen molar-refractivity contribution in [3.63, 3.8) is 0 Å². The topological polar surface area (TPSA) is 76.2 Å². The highest BCUT2D eigenvalue weighted by Gasteiger charge is 2.28. The van der Waals surface area contributed by atoms with Crippen LogP contribution in [0.1, 0.15) is 40.5 Å². The first-order valence-corrected chi connectivity index (χ1v) is 12.8. The Kier molecular flexibility index (Phi) is 6.90. The van der Waals surface area contributed by atoms with E-state index in [0.29, 0.717) is 11.7 Å². The lowest BCUT2D eigenvalue weighted by Gasteiger charge is -2.20. The van der Waals surface area contributed by atoms with Gasteiger partial charge >= 0.3 is 0 Å². The maximum Gasteiger partial charge on any atom is 0.242 e. The molecule has 1 saturated heterocycles. The van der Waals surface area contributed by atoms with E-state index >= 15 is 0 Å². The quantitative estimate of drug-likeness (QED) is 0.326. The molecule has 2 aromatic carbocycles. The molecule has 1 N–H and O–H groups in total. The van der Waals surface area contributed by atoms with E-state index in [1.807, 2.05) is 74.5 Å². The Morgan fingerprint density at radius 2 is 1.86 bits per heavy atom. The maximum atomic E-state index is 13.7. The Hall–Kier alpha value is -3.52.